The van der Waals surface area contributed by atoms with Crippen LogP contribution in [0.1, 0.15) is 38.5 Å². The van der Waals surface area contributed by atoms with E-state index >= 15 is 0 Å². The number of unbranched alkanes of at least 4 members (excludes halogenated alkanes) is 2. The highest BCUT2D eigenvalue weighted by Gasteiger charge is 2.25. The van der Waals surface area contributed by atoms with Crippen LogP contribution in [0.15, 0.2) is 0 Å². The molecule has 120 valence electrons. The number of rotatable bonds is 7. The zero-order valence-electron chi connectivity index (χ0n) is 12.6. The molecule has 0 aromatic rings. The summed E-state index contributed by atoms with van der Waals surface area (Å²) in [4.78, 5) is 35.5. The number of hydrogen-bond donors (Lipinski definition) is 2. The quantitative estimate of drug-likeness (QED) is 0.531. The van der Waals surface area contributed by atoms with Crippen molar-refractivity contribution >= 4 is 17.9 Å². The summed E-state index contributed by atoms with van der Waals surface area (Å²) in [6, 6.07) is -0.0918. The Labute approximate surface area is 125 Å². The molecule has 1 saturated heterocycles. The van der Waals surface area contributed by atoms with Gasteiger partial charge in [-0.15, -0.1) is 0 Å². The van der Waals surface area contributed by atoms with E-state index in [4.69, 9.17) is 5.73 Å². The van der Waals surface area contributed by atoms with Crippen LogP contribution in [0, 0.1) is 5.92 Å². The SMILES string of the molecule is COC(=O)CCCCCNC(=O)N1CCC(C(N)=O)CC1. The Bertz CT molecular complexity index is 365. The van der Waals surface area contributed by atoms with E-state index in [0.29, 0.717) is 38.9 Å². The molecule has 0 aliphatic carbocycles. The summed E-state index contributed by atoms with van der Waals surface area (Å²) in [5.41, 5.74) is 5.26. The van der Waals surface area contributed by atoms with Gasteiger partial charge in [0.2, 0.25) is 5.91 Å². The van der Waals surface area contributed by atoms with Crippen molar-refractivity contribution in [3.63, 3.8) is 0 Å². The first kappa shape index (κ1) is 17.3. The zero-order valence-corrected chi connectivity index (χ0v) is 12.6. The van der Waals surface area contributed by atoms with Crippen molar-refractivity contribution < 1.29 is 19.1 Å². The summed E-state index contributed by atoms with van der Waals surface area (Å²) in [6.07, 6.45) is 4.18. The largest absolute Gasteiger partial charge is 0.469 e. The van der Waals surface area contributed by atoms with Gasteiger partial charge in [-0.1, -0.05) is 6.42 Å². The molecule has 0 aromatic heterocycles. The number of carbonyl (C=O) groups excluding carboxylic acids is 3. The molecule has 7 nitrogen and oxygen atoms in total. The molecule has 21 heavy (non-hydrogen) atoms. The fourth-order valence-corrected chi connectivity index (χ4v) is 2.35. The Kier molecular flexibility index (Phi) is 7.56. The van der Waals surface area contributed by atoms with Gasteiger partial charge >= 0.3 is 12.0 Å². The molecule has 0 atom stereocenters. The molecule has 1 heterocycles. The number of nitrogens with one attached hydrogen (secondary N) is 1. The van der Waals surface area contributed by atoms with Gasteiger partial charge in [-0.3, -0.25) is 9.59 Å². The number of amides is 3. The van der Waals surface area contributed by atoms with Gasteiger partial charge in [-0.05, 0) is 25.7 Å². The van der Waals surface area contributed by atoms with E-state index in [2.05, 4.69) is 10.1 Å². The van der Waals surface area contributed by atoms with Crippen LogP contribution in [0.3, 0.4) is 0 Å². The molecule has 0 radical (unpaired) electrons. The predicted octanol–water partition coefficient (Wildman–Crippen LogP) is 0.627. The molecular formula is C14H25N3O4. The number of urea groups is 1. The predicted molar refractivity (Wildman–Crippen MR) is 77.4 cm³/mol. The third kappa shape index (κ3) is 6.46. The highest BCUT2D eigenvalue weighted by atomic mass is 16.5. The fourth-order valence-electron chi connectivity index (χ4n) is 2.35. The van der Waals surface area contributed by atoms with Gasteiger partial charge in [0.05, 0.1) is 7.11 Å². The summed E-state index contributed by atoms with van der Waals surface area (Å²) in [6.45, 7) is 1.74. The van der Waals surface area contributed by atoms with Crippen LogP contribution in [-0.2, 0) is 14.3 Å². The van der Waals surface area contributed by atoms with Crippen molar-refractivity contribution in [3.8, 4) is 0 Å². The second kappa shape index (κ2) is 9.20. The number of methoxy groups -OCH3 is 1. The standard InChI is InChI=1S/C14H25N3O4/c1-21-12(18)5-3-2-4-8-16-14(20)17-9-6-11(7-10-17)13(15)19/h11H,2-10H2,1H3,(H2,15,19)(H,16,20). The molecule has 0 unspecified atom stereocenters. The van der Waals surface area contributed by atoms with Gasteiger partial charge in [-0.2, -0.15) is 0 Å². The van der Waals surface area contributed by atoms with Gasteiger partial charge in [0.25, 0.3) is 0 Å². The molecule has 7 heteroatoms. The molecule has 1 aliphatic rings. The Morgan fingerprint density at radius 2 is 1.86 bits per heavy atom. The number of esters is 1. The number of ether oxygens (including phenoxy) is 1. The van der Waals surface area contributed by atoms with Gasteiger partial charge < -0.3 is 20.7 Å². The average Bonchev–Trinajstić information content (AvgIpc) is 2.50. The van der Waals surface area contributed by atoms with Crippen molar-refractivity contribution in [1.82, 2.24) is 10.2 Å². The van der Waals surface area contributed by atoms with Crippen LogP contribution in [0.25, 0.3) is 0 Å². The van der Waals surface area contributed by atoms with Crippen LogP contribution in [0.2, 0.25) is 0 Å². The Morgan fingerprint density at radius 3 is 2.43 bits per heavy atom. The van der Waals surface area contributed by atoms with Crippen molar-refractivity contribution in [2.75, 3.05) is 26.7 Å². The highest BCUT2D eigenvalue weighted by molar-refractivity contribution is 5.78. The third-order valence-electron chi connectivity index (χ3n) is 3.75. The molecule has 0 aromatic carbocycles. The maximum absolute atomic E-state index is 11.9. The summed E-state index contributed by atoms with van der Waals surface area (Å²) in [5, 5.41) is 2.85. The molecule has 0 bridgehead atoms. The van der Waals surface area contributed by atoms with Gasteiger partial charge in [0.15, 0.2) is 0 Å². The van der Waals surface area contributed by atoms with E-state index < -0.39 is 0 Å². The second-order valence-electron chi connectivity index (χ2n) is 5.28. The van der Waals surface area contributed by atoms with Gasteiger partial charge in [0.1, 0.15) is 0 Å². The Balaban J connectivity index is 2.07. The van der Waals surface area contributed by atoms with Crippen molar-refractivity contribution in [2.45, 2.75) is 38.5 Å². The maximum Gasteiger partial charge on any atom is 0.317 e. The minimum atomic E-state index is -0.277. The van der Waals surface area contributed by atoms with Crippen molar-refractivity contribution in [3.05, 3.63) is 0 Å². The minimum absolute atomic E-state index is 0.0918. The fraction of sp³-hybridized carbons (Fsp3) is 0.786. The lowest BCUT2D eigenvalue weighted by Gasteiger charge is -2.30. The number of piperidine rings is 1. The molecule has 1 rings (SSSR count). The number of likely N-dealkylation sites (tertiary alicyclic amines) is 1. The Morgan fingerprint density at radius 1 is 1.19 bits per heavy atom. The van der Waals surface area contributed by atoms with E-state index in [9.17, 15) is 14.4 Å². The average molecular weight is 299 g/mol. The molecule has 3 N–H and O–H groups in total. The first-order chi connectivity index (χ1) is 10.0. The van der Waals surface area contributed by atoms with Gasteiger partial charge in [-0.25, -0.2) is 4.79 Å². The normalized spacial score (nSPS) is 15.6. The molecule has 1 fully saturated rings. The van der Waals surface area contributed by atoms with E-state index in [1.165, 1.54) is 7.11 Å². The lowest BCUT2D eigenvalue weighted by atomic mass is 9.96. The van der Waals surface area contributed by atoms with Crippen LogP contribution in [0.5, 0.6) is 0 Å². The van der Waals surface area contributed by atoms with E-state index in [1.807, 2.05) is 0 Å². The molecule has 0 saturated carbocycles. The second-order valence-corrected chi connectivity index (χ2v) is 5.28. The lowest BCUT2D eigenvalue weighted by molar-refractivity contribution is -0.140. The molecular weight excluding hydrogens is 274 g/mol. The maximum atomic E-state index is 11.9. The van der Waals surface area contributed by atoms with Crippen LogP contribution in [0.4, 0.5) is 4.79 Å². The van der Waals surface area contributed by atoms with E-state index in [0.717, 1.165) is 19.3 Å². The summed E-state index contributed by atoms with van der Waals surface area (Å²) < 4.78 is 4.55. The van der Waals surface area contributed by atoms with Crippen LogP contribution >= 0.6 is 0 Å². The highest BCUT2D eigenvalue weighted by Crippen LogP contribution is 2.16. The van der Waals surface area contributed by atoms with Crippen LogP contribution in [-0.4, -0.2) is 49.6 Å². The van der Waals surface area contributed by atoms with Gasteiger partial charge in [0, 0.05) is 32.0 Å². The molecule has 3 amide bonds. The van der Waals surface area contributed by atoms with Crippen molar-refractivity contribution in [2.24, 2.45) is 11.7 Å². The number of nitrogens with two attached hydrogens (primary N) is 1. The third-order valence-corrected chi connectivity index (χ3v) is 3.75. The lowest BCUT2D eigenvalue weighted by Crippen LogP contribution is -2.46. The number of hydrogen-bond acceptors (Lipinski definition) is 4. The topological polar surface area (TPSA) is 102 Å². The number of nitrogens with zero attached hydrogens (tertiary/aromatic N) is 1. The first-order valence-corrected chi connectivity index (χ1v) is 7.43. The molecule has 1 aliphatic heterocycles. The Hall–Kier alpha value is -1.79. The van der Waals surface area contributed by atoms with Crippen molar-refractivity contribution in [1.29, 1.82) is 0 Å². The summed E-state index contributed by atoms with van der Waals surface area (Å²) >= 11 is 0. The minimum Gasteiger partial charge on any atom is -0.469 e. The molecule has 0 spiro atoms. The number of primary amides is 1. The van der Waals surface area contributed by atoms with E-state index in [1.54, 1.807) is 4.90 Å². The zero-order chi connectivity index (χ0) is 15.7. The monoisotopic (exact) mass is 299 g/mol. The van der Waals surface area contributed by atoms with E-state index in [-0.39, 0.29) is 23.8 Å². The number of carbonyl (C=O) groups is 3. The smallest absolute Gasteiger partial charge is 0.317 e. The first-order valence-electron chi connectivity index (χ1n) is 7.43. The summed E-state index contributed by atoms with van der Waals surface area (Å²) in [7, 11) is 1.38. The summed E-state index contributed by atoms with van der Waals surface area (Å²) in [5.74, 6) is -0.579. The van der Waals surface area contributed by atoms with Crippen LogP contribution < -0.4 is 11.1 Å².